The van der Waals surface area contributed by atoms with Crippen LogP contribution in [0.2, 0.25) is 0 Å². The normalized spacial score (nSPS) is 47.6. The van der Waals surface area contributed by atoms with Gasteiger partial charge < -0.3 is 14.7 Å². The third-order valence-corrected chi connectivity index (χ3v) is 5.65. The number of cyclic esters (lactones) is 1. The zero-order chi connectivity index (χ0) is 13.1. The lowest BCUT2D eigenvalue weighted by Crippen LogP contribution is -2.56. The van der Waals surface area contributed by atoms with E-state index in [4.69, 9.17) is 9.84 Å². The summed E-state index contributed by atoms with van der Waals surface area (Å²) in [7, 11) is 0. The summed E-state index contributed by atoms with van der Waals surface area (Å²) in [6.45, 7) is 0.237. The lowest BCUT2D eigenvalue weighted by Gasteiger charge is -2.56. The lowest BCUT2D eigenvalue weighted by atomic mass is 9.54. The molecular weight excluding hydrogens is 246 g/mol. The second-order valence-corrected chi connectivity index (χ2v) is 6.78. The predicted molar refractivity (Wildman–Crippen MR) is 65.4 cm³/mol. The number of ether oxygens (including phenoxy) is 1. The van der Waals surface area contributed by atoms with Gasteiger partial charge in [0.15, 0.2) is 0 Å². The van der Waals surface area contributed by atoms with Crippen LogP contribution in [0.25, 0.3) is 0 Å². The average Bonchev–Trinajstić information content (AvgIpc) is 2.70. The topological polar surface area (TPSA) is 66.8 Å². The van der Waals surface area contributed by atoms with E-state index < -0.39 is 18.2 Å². The molecule has 0 radical (unpaired) electrons. The van der Waals surface area contributed by atoms with Crippen molar-refractivity contribution in [3.05, 3.63) is 0 Å². The molecular formula is C14H19NO4. The Balaban J connectivity index is 1.56. The third kappa shape index (κ3) is 1.66. The Morgan fingerprint density at radius 2 is 1.68 bits per heavy atom. The highest BCUT2D eigenvalue weighted by Gasteiger charge is 2.53. The molecule has 5 nitrogen and oxygen atoms in total. The molecule has 5 heteroatoms. The number of aliphatic carboxylic acids is 1. The molecule has 1 saturated heterocycles. The maximum atomic E-state index is 12.0. The quantitative estimate of drug-likeness (QED) is 0.825. The molecule has 4 bridgehead atoms. The van der Waals surface area contributed by atoms with Gasteiger partial charge in [-0.05, 0) is 55.8 Å². The van der Waals surface area contributed by atoms with Crippen LogP contribution in [0.5, 0.6) is 0 Å². The molecule has 0 aromatic heterocycles. The van der Waals surface area contributed by atoms with Crippen LogP contribution in [0.4, 0.5) is 4.79 Å². The molecule has 0 aromatic carbocycles. The number of amides is 1. The van der Waals surface area contributed by atoms with Crippen molar-refractivity contribution in [3.63, 3.8) is 0 Å². The summed E-state index contributed by atoms with van der Waals surface area (Å²) in [6, 6.07) is 0.240. The highest BCUT2D eigenvalue weighted by Crippen LogP contribution is 2.55. The van der Waals surface area contributed by atoms with Gasteiger partial charge >= 0.3 is 12.1 Å². The molecule has 0 spiro atoms. The number of carboxylic acids is 1. The van der Waals surface area contributed by atoms with Crippen LogP contribution in [0.15, 0.2) is 0 Å². The minimum absolute atomic E-state index is 0.237. The highest BCUT2D eigenvalue weighted by molar-refractivity contribution is 5.81. The number of rotatable bonds is 2. The van der Waals surface area contributed by atoms with Gasteiger partial charge in [-0.15, -0.1) is 0 Å². The van der Waals surface area contributed by atoms with Crippen LogP contribution in [0.3, 0.4) is 0 Å². The van der Waals surface area contributed by atoms with Gasteiger partial charge in [-0.25, -0.2) is 9.59 Å². The first-order valence-electron chi connectivity index (χ1n) is 7.32. The van der Waals surface area contributed by atoms with Gasteiger partial charge in [0.05, 0.1) is 6.54 Å². The van der Waals surface area contributed by atoms with Crippen molar-refractivity contribution >= 4 is 12.1 Å². The van der Waals surface area contributed by atoms with Crippen molar-refractivity contribution in [2.75, 3.05) is 6.54 Å². The zero-order valence-electron chi connectivity index (χ0n) is 10.8. The SMILES string of the molecule is O=C(O)C1CN(C2C3CC4CC(C3)CC2C4)C(=O)O1. The second kappa shape index (κ2) is 3.87. The van der Waals surface area contributed by atoms with Crippen LogP contribution in [0, 0.1) is 23.7 Å². The van der Waals surface area contributed by atoms with Gasteiger partial charge in [0, 0.05) is 6.04 Å². The number of carbonyl (C=O) groups excluding carboxylic acids is 1. The molecule has 19 heavy (non-hydrogen) atoms. The summed E-state index contributed by atoms with van der Waals surface area (Å²) < 4.78 is 4.98. The average molecular weight is 265 g/mol. The van der Waals surface area contributed by atoms with Gasteiger partial charge in [-0.1, -0.05) is 0 Å². The fourth-order valence-corrected chi connectivity index (χ4v) is 5.26. The van der Waals surface area contributed by atoms with Gasteiger partial charge in [0.1, 0.15) is 0 Å². The van der Waals surface area contributed by atoms with Crippen molar-refractivity contribution in [2.24, 2.45) is 23.7 Å². The first kappa shape index (κ1) is 11.6. The van der Waals surface area contributed by atoms with Crippen LogP contribution < -0.4 is 0 Å². The molecule has 1 unspecified atom stereocenters. The molecule has 5 fully saturated rings. The first-order chi connectivity index (χ1) is 9.11. The number of hydrogen-bond acceptors (Lipinski definition) is 3. The van der Waals surface area contributed by atoms with Crippen molar-refractivity contribution in [2.45, 2.75) is 44.2 Å². The zero-order valence-corrected chi connectivity index (χ0v) is 10.8. The summed E-state index contributed by atoms with van der Waals surface area (Å²) >= 11 is 0. The minimum Gasteiger partial charge on any atom is -0.478 e. The molecule has 1 N–H and O–H groups in total. The van der Waals surface area contributed by atoms with E-state index in [-0.39, 0.29) is 12.6 Å². The summed E-state index contributed by atoms with van der Waals surface area (Å²) in [4.78, 5) is 24.7. The van der Waals surface area contributed by atoms with E-state index in [1.54, 1.807) is 4.90 Å². The maximum absolute atomic E-state index is 12.0. The van der Waals surface area contributed by atoms with Gasteiger partial charge in [0.25, 0.3) is 0 Å². The van der Waals surface area contributed by atoms with Crippen molar-refractivity contribution in [3.8, 4) is 0 Å². The van der Waals surface area contributed by atoms with Crippen LogP contribution in [0.1, 0.15) is 32.1 Å². The molecule has 4 aliphatic carbocycles. The lowest BCUT2D eigenvalue weighted by molar-refractivity contribution is -0.144. The summed E-state index contributed by atoms with van der Waals surface area (Å²) in [5.41, 5.74) is 0. The number of nitrogens with zero attached hydrogens (tertiary/aromatic N) is 1. The fourth-order valence-electron chi connectivity index (χ4n) is 5.26. The van der Waals surface area contributed by atoms with Gasteiger partial charge in [-0.2, -0.15) is 0 Å². The van der Waals surface area contributed by atoms with Crippen LogP contribution in [-0.4, -0.2) is 40.8 Å². The van der Waals surface area contributed by atoms with E-state index in [2.05, 4.69) is 0 Å². The Labute approximate surface area is 111 Å². The molecule has 104 valence electrons. The Kier molecular flexibility index (Phi) is 2.35. The number of carbonyl (C=O) groups is 2. The Morgan fingerprint density at radius 1 is 1.11 bits per heavy atom. The molecule has 1 atom stereocenters. The van der Waals surface area contributed by atoms with Crippen LogP contribution >= 0.6 is 0 Å². The first-order valence-corrected chi connectivity index (χ1v) is 7.32. The Bertz CT molecular complexity index is 407. The molecule has 4 saturated carbocycles. The monoisotopic (exact) mass is 265 g/mol. The van der Waals surface area contributed by atoms with Gasteiger partial charge in [-0.3, -0.25) is 0 Å². The van der Waals surface area contributed by atoms with Crippen LogP contribution in [-0.2, 0) is 9.53 Å². The molecule has 1 amide bonds. The summed E-state index contributed by atoms with van der Waals surface area (Å²) in [5, 5.41) is 9.00. The van der Waals surface area contributed by atoms with E-state index in [1.807, 2.05) is 0 Å². The Morgan fingerprint density at radius 3 is 2.16 bits per heavy atom. The number of hydrogen-bond donors (Lipinski definition) is 1. The molecule has 1 aliphatic heterocycles. The minimum atomic E-state index is -1.03. The third-order valence-electron chi connectivity index (χ3n) is 5.65. The molecule has 0 aromatic rings. The van der Waals surface area contributed by atoms with E-state index in [0.29, 0.717) is 11.8 Å². The molecule has 5 aliphatic rings. The van der Waals surface area contributed by atoms with E-state index in [0.717, 1.165) is 11.8 Å². The largest absolute Gasteiger partial charge is 0.478 e. The maximum Gasteiger partial charge on any atom is 0.411 e. The standard InChI is InChI=1S/C14H19NO4/c16-13(17)11-6-15(14(18)19-11)12-9-2-7-1-8(4-9)5-10(12)3-7/h7-12H,1-6H2,(H,16,17). The summed E-state index contributed by atoms with van der Waals surface area (Å²) in [6.07, 6.45) is 4.88. The van der Waals surface area contributed by atoms with Crippen molar-refractivity contribution in [1.29, 1.82) is 0 Å². The van der Waals surface area contributed by atoms with Crippen molar-refractivity contribution in [1.82, 2.24) is 4.90 Å². The second-order valence-electron chi connectivity index (χ2n) is 6.78. The Hall–Kier alpha value is -1.26. The smallest absolute Gasteiger partial charge is 0.411 e. The van der Waals surface area contributed by atoms with E-state index in [1.165, 1.54) is 32.1 Å². The van der Waals surface area contributed by atoms with Crippen molar-refractivity contribution < 1.29 is 19.4 Å². The van der Waals surface area contributed by atoms with E-state index >= 15 is 0 Å². The van der Waals surface area contributed by atoms with Gasteiger partial charge in [0.2, 0.25) is 6.10 Å². The predicted octanol–water partition coefficient (Wildman–Crippen LogP) is 1.72. The highest BCUT2D eigenvalue weighted by atomic mass is 16.6. The number of carboxylic acid groups (broad SMARTS) is 1. The molecule has 5 rings (SSSR count). The van der Waals surface area contributed by atoms with E-state index in [9.17, 15) is 9.59 Å². The summed E-state index contributed by atoms with van der Waals surface area (Å²) in [5.74, 6) is 1.84. The fraction of sp³-hybridized carbons (Fsp3) is 0.857. The molecule has 1 heterocycles.